The van der Waals surface area contributed by atoms with E-state index in [9.17, 15) is 0 Å². The smallest absolute Gasteiger partial charge is 0.157 e. The van der Waals surface area contributed by atoms with Gasteiger partial charge in [-0.3, -0.25) is 4.99 Å². The van der Waals surface area contributed by atoms with E-state index in [4.69, 9.17) is 9.73 Å². The van der Waals surface area contributed by atoms with E-state index in [1.807, 2.05) is 11.8 Å². The fraction of sp³-hybridized carbons (Fsp3) is 0.923. The number of methoxy groups -OCH3 is 1. The Morgan fingerprint density at radius 1 is 1.47 bits per heavy atom. The number of rotatable bonds is 4. The van der Waals surface area contributed by atoms with Gasteiger partial charge in [-0.15, -0.1) is 0 Å². The molecule has 17 heavy (non-hydrogen) atoms. The van der Waals surface area contributed by atoms with Crippen LogP contribution in [-0.2, 0) is 4.74 Å². The predicted molar refractivity (Wildman–Crippen MR) is 74.7 cm³/mol. The highest BCUT2D eigenvalue weighted by Gasteiger charge is 2.29. The molecule has 0 spiro atoms. The van der Waals surface area contributed by atoms with E-state index in [2.05, 4.69) is 12.2 Å². The third-order valence-corrected chi connectivity index (χ3v) is 4.87. The molecule has 1 aliphatic carbocycles. The molecule has 1 heterocycles. The molecule has 0 amide bonds. The lowest BCUT2D eigenvalue weighted by Gasteiger charge is -2.33. The average molecular weight is 256 g/mol. The maximum absolute atomic E-state index is 5.22. The van der Waals surface area contributed by atoms with Crippen molar-refractivity contribution in [3.8, 4) is 0 Å². The van der Waals surface area contributed by atoms with Crippen molar-refractivity contribution in [1.82, 2.24) is 5.32 Å². The molecule has 0 aromatic carbocycles. The molecule has 4 heteroatoms. The maximum Gasteiger partial charge on any atom is 0.157 e. The van der Waals surface area contributed by atoms with Gasteiger partial charge in [-0.05, 0) is 25.2 Å². The first-order chi connectivity index (χ1) is 8.33. The zero-order valence-electron chi connectivity index (χ0n) is 10.9. The van der Waals surface area contributed by atoms with Crippen LogP contribution < -0.4 is 5.32 Å². The molecule has 2 aliphatic rings. The van der Waals surface area contributed by atoms with Gasteiger partial charge in [-0.1, -0.05) is 31.5 Å². The molecule has 0 aromatic heterocycles. The van der Waals surface area contributed by atoms with E-state index in [-0.39, 0.29) is 0 Å². The zero-order valence-corrected chi connectivity index (χ0v) is 11.8. The number of hydrogen-bond donors (Lipinski definition) is 1. The van der Waals surface area contributed by atoms with Gasteiger partial charge in [0.05, 0.1) is 18.7 Å². The molecular formula is C13H24N2OS. The molecule has 3 nitrogen and oxygen atoms in total. The Morgan fingerprint density at radius 3 is 3.06 bits per heavy atom. The van der Waals surface area contributed by atoms with E-state index < -0.39 is 0 Å². The van der Waals surface area contributed by atoms with Gasteiger partial charge in [0.25, 0.3) is 0 Å². The Hall–Kier alpha value is -0.220. The van der Waals surface area contributed by atoms with E-state index in [0.717, 1.165) is 24.1 Å². The average Bonchev–Trinajstić information content (AvgIpc) is 2.38. The third kappa shape index (κ3) is 3.62. The lowest BCUT2D eigenvalue weighted by molar-refractivity contribution is 0.172. The van der Waals surface area contributed by atoms with E-state index in [0.29, 0.717) is 12.1 Å². The summed E-state index contributed by atoms with van der Waals surface area (Å²) in [5.41, 5.74) is 0. The van der Waals surface area contributed by atoms with Gasteiger partial charge >= 0.3 is 0 Å². The van der Waals surface area contributed by atoms with Crippen LogP contribution in [-0.4, -0.2) is 36.7 Å². The first kappa shape index (κ1) is 13.2. The largest absolute Gasteiger partial charge is 0.383 e. The van der Waals surface area contributed by atoms with E-state index in [1.165, 1.54) is 31.4 Å². The molecule has 3 atom stereocenters. The molecule has 0 radical (unpaired) electrons. The van der Waals surface area contributed by atoms with Crippen LogP contribution in [0, 0.1) is 5.92 Å². The van der Waals surface area contributed by atoms with Crippen molar-refractivity contribution in [3.63, 3.8) is 0 Å². The minimum atomic E-state index is 0.409. The number of nitrogens with one attached hydrogen (secondary N) is 1. The van der Waals surface area contributed by atoms with Gasteiger partial charge in [0.2, 0.25) is 0 Å². The Kier molecular flexibility index (Phi) is 5.16. The maximum atomic E-state index is 5.22. The second-order valence-corrected chi connectivity index (χ2v) is 6.07. The summed E-state index contributed by atoms with van der Waals surface area (Å²) in [4.78, 5) is 4.89. The van der Waals surface area contributed by atoms with Gasteiger partial charge in [0.15, 0.2) is 5.17 Å². The lowest BCUT2D eigenvalue weighted by atomic mass is 9.86. The van der Waals surface area contributed by atoms with Crippen molar-refractivity contribution in [1.29, 1.82) is 0 Å². The minimum Gasteiger partial charge on any atom is -0.383 e. The quantitative estimate of drug-likeness (QED) is 0.839. The summed E-state index contributed by atoms with van der Waals surface area (Å²) in [6, 6.07) is 0.999. The van der Waals surface area contributed by atoms with E-state index in [1.54, 1.807) is 7.11 Å². The van der Waals surface area contributed by atoms with Crippen molar-refractivity contribution in [2.24, 2.45) is 10.9 Å². The highest BCUT2D eigenvalue weighted by atomic mass is 32.2. The normalized spacial score (nSPS) is 30.4. The second kappa shape index (κ2) is 6.64. The molecular weight excluding hydrogens is 232 g/mol. The van der Waals surface area contributed by atoms with Crippen LogP contribution in [0.25, 0.3) is 0 Å². The molecule has 1 fully saturated rings. The van der Waals surface area contributed by atoms with Crippen molar-refractivity contribution in [2.45, 2.75) is 51.1 Å². The summed E-state index contributed by atoms with van der Waals surface area (Å²) in [5.74, 6) is 2.08. The van der Waals surface area contributed by atoms with Crippen LogP contribution in [0.1, 0.15) is 39.0 Å². The number of nitrogens with zero attached hydrogens (tertiary/aromatic N) is 1. The van der Waals surface area contributed by atoms with Crippen LogP contribution in [0.15, 0.2) is 4.99 Å². The van der Waals surface area contributed by atoms with Gasteiger partial charge in [-0.2, -0.15) is 0 Å². The standard InChI is InChI=1S/C13H24N2OS/c1-3-11(8-16-2)14-13-15-12-7-5-4-6-10(12)9-17-13/h10-12H,3-9H2,1-2H3,(H,14,15). The highest BCUT2D eigenvalue weighted by molar-refractivity contribution is 8.13. The molecule has 98 valence electrons. The Labute approximate surface area is 109 Å². The number of fused-ring (bicyclic) bond motifs is 1. The van der Waals surface area contributed by atoms with Crippen molar-refractivity contribution < 1.29 is 4.74 Å². The molecule has 0 aromatic rings. The SMILES string of the molecule is CCC(COC)NC1=NC2CCCCC2CS1. The Balaban J connectivity index is 1.90. The summed E-state index contributed by atoms with van der Waals surface area (Å²) in [6.45, 7) is 2.96. The van der Waals surface area contributed by atoms with Crippen molar-refractivity contribution >= 4 is 16.9 Å². The molecule has 0 bridgehead atoms. The molecule has 1 N–H and O–H groups in total. The topological polar surface area (TPSA) is 33.6 Å². The number of hydrogen-bond acceptors (Lipinski definition) is 4. The molecule has 1 aliphatic heterocycles. The summed E-state index contributed by atoms with van der Waals surface area (Å²) in [7, 11) is 1.76. The highest BCUT2D eigenvalue weighted by Crippen LogP contribution is 2.33. The number of ether oxygens (including phenoxy) is 1. The van der Waals surface area contributed by atoms with Crippen LogP contribution in [0.4, 0.5) is 0 Å². The van der Waals surface area contributed by atoms with Crippen LogP contribution in [0.5, 0.6) is 0 Å². The Morgan fingerprint density at radius 2 is 2.29 bits per heavy atom. The predicted octanol–water partition coefficient (Wildman–Crippen LogP) is 2.66. The van der Waals surface area contributed by atoms with Gasteiger partial charge in [-0.25, -0.2) is 0 Å². The van der Waals surface area contributed by atoms with Crippen LogP contribution in [0.2, 0.25) is 0 Å². The number of amidine groups is 1. The summed E-state index contributed by atoms with van der Waals surface area (Å²) >= 11 is 1.90. The molecule has 1 saturated carbocycles. The van der Waals surface area contributed by atoms with Gasteiger partial charge in [0, 0.05) is 12.9 Å². The summed E-state index contributed by atoms with van der Waals surface area (Å²) in [5, 5.41) is 4.68. The first-order valence-corrected chi connectivity index (χ1v) is 7.78. The minimum absolute atomic E-state index is 0.409. The lowest BCUT2D eigenvalue weighted by Crippen LogP contribution is -2.40. The Bertz CT molecular complexity index is 270. The fourth-order valence-corrected chi connectivity index (χ4v) is 3.86. The molecule has 0 saturated heterocycles. The van der Waals surface area contributed by atoms with Gasteiger partial charge < -0.3 is 10.1 Å². The van der Waals surface area contributed by atoms with Crippen molar-refractivity contribution in [3.05, 3.63) is 0 Å². The second-order valence-electron chi connectivity index (χ2n) is 5.06. The molecule has 2 rings (SSSR count). The fourth-order valence-electron chi connectivity index (χ4n) is 2.64. The first-order valence-electron chi connectivity index (χ1n) is 6.79. The van der Waals surface area contributed by atoms with Crippen LogP contribution in [0.3, 0.4) is 0 Å². The monoisotopic (exact) mass is 256 g/mol. The number of aliphatic imine (C=N–C) groups is 1. The van der Waals surface area contributed by atoms with Gasteiger partial charge in [0.1, 0.15) is 0 Å². The summed E-state index contributed by atoms with van der Waals surface area (Å²) in [6.07, 6.45) is 6.52. The molecule has 3 unspecified atom stereocenters. The van der Waals surface area contributed by atoms with Crippen LogP contribution >= 0.6 is 11.8 Å². The summed E-state index contributed by atoms with van der Waals surface area (Å²) < 4.78 is 5.22. The zero-order chi connectivity index (χ0) is 12.1. The van der Waals surface area contributed by atoms with Crippen molar-refractivity contribution in [2.75, 3.05) is 19.5 Å². The van der Waals surface area contributed by atoms with E-state index >= 15 is 0 Å². The third-order valence-electron chi connectivity index (χ3n) is 3.77. The number of thioether (sulfide) groups is 1.